The van der Waals surface area contributed by atoms with Crippen LogP contribution in [0, 0.1) is 17.3 Å². The molecule has 0 aromatic heterocycles. The molecule has 2 saturated carbocycles. The lowest BCUT2D eigenvalue weighted by molar-refractivity contribution is -0.117. The van der Waals surface area contributed by atoms with Crippen molar-refractivity contribution in [1.82, 2.24) is 0 Å². The van der Waals surface area contributed by atoms with E-state index in [0.717, 1.165) is 6.42 Å². The highest BCUT2D eigenvalue weighted by molar-refractivity contribution is 5.54. The highest BCUT2D eigenvalue weighted by Crippen LogP contribution is 2.51. The molecule has 1 heteroatoms. The van der Waals surface area contributed by atoms with E-state index in [1.807, 2.05) is 0 Å². The lowest BCUT2D eigenvalue weighted by atomic mass is 9.57. The summed E-state index contributed by atoms with van der Waals surface area (Å²) in [5.74, 6) is 1.10. The zero-order chi connectivity index (χ0) is 9.31. The Morgan fingerprint density at radius 3 is 2.69 bits per heavy atom. The molecule has 0 unspecified atom stereocenters. The van der Waals surface area contributed by atoms with Gasteiger partial charge >= 0.3 is 0 Å². The SMILES string of the molecule is C[C@]12CCCC[C@@H]1[C@H](C=O)CCC2. The van der Waals surface area contributed by atoms with Gasteiger partial charge in [0.1, 0.15) is 6.29 Å². The summed E-state index contributed by atoms with van der Waals surface area (Å²) in [5.41, 5.74) is 0.516. The van der Waals surface area contributed by atoms with Gasteiger partial charge in [-0.25, -0.2) is 0 Å². The van der Waals surface area contributed by atoms with Gasteiger partial charge in [0, 0.05) is 5.92 Å². The molecule has 2 aliphatic rings. The molecule has 0 amide bonds. The van der Waals surface area contributed by atoms with E-state index >= 15 is 0 Å². The monoisotopic (exact) mass is 180 g/mol. The topological polar surface area (TPSA) is 17.1 Å². The van der Waals surface area contributed by atoms with E-state index in [0.29, 0.717) is 17.3 Å². The van der Waals surface area contributed by atoms with Crippen LogP contribution in [0.2, 0.25) is 0 Å². The van der Waals surface area contributed by atoms with Crippen LogP contribution in [-0.4, -0.2) is 6.29 Å². The van der Waals surface area contributed by atoms with E-state index < -0.39 is 0 Å². The Morgan fingerprint density at radius 1 is 1.15 bits per heavy atom. The van der Waals surface area contributed by atoms with E-state index in [9.17, 15) is 4.79 Å². The van der Waals surface area contributed by atoms with Crippen LogP contribution in [0.1, 0.15) is 51.9 Å². The number of aldehydes is 1. The minimum atomic E-state index is 0.388. The number of rotatable bonds is 1. The molecule has 2 rings (SSSR count). The smallest absolute Gasteiger partial charge is 0.123 e. The maximum atomic E-state index is 11.0. The van der Waals surface area contributed by atoms with Crippen LogP contribution in [0.4, 0.5) is 0 Å². The third-order valence-electron chi connectivity index (χ3n) is 4.39. The van der Waals surface area contributed by atoms with E-state index in [2.05, 4.69) is 6.92 Å². The zero-order valence-electron chi connectivity index (χ0n) is 8.59. The van der Waals surface area contributed by atoms with Crippen LogP contribution in [-0.2, 0) is 4.79 Å². The molecule has 2 aliphatic carbocycles. The quantitative estimate of drug-likeness (QED) is 0.566. The van der Waals surface area contributed by atoms with Crippen LogP contribution in [0.25, 0.3) is 0 Å². The van der Waals surface area contributed by atoms with Crippen molar-refractivity contribution in [2.45, 2.75) is 51.9 Å². The molecular weight excluding hydrogens is 160 g/mol. The van der Waals surface area contributed by atoms with Crippen molar-refractivity contribution in [1.29, 1.82) is 0 Å². The Labute approximate surface area is 80.9 Å². The maximum absolute atomic E-state index is 11.0. The minimum Gasteiger partial charge on any atom is -0.303 e. The second-order valence-corrected chi connectivity index (χ2v) is 5.20. The normalized spacial score (nSPS) is 45.3. The second kappa shape index (κ2) is 3.43. The third kappa shape index (κ3) is 1.53. The molecule has 0 radical (unpaired) electrons. The molecule has 2 fully saturated rings. The molecule has 0 heterocycles. The number of carbonyl (C=O) groups excluding carboxylic acids is 1. The van der Waals surface area contributed by atoms with Crippen LogP contribution in [0.3, 0.4) is 0 Å². The zero-order valence-corrected chi connectivity index (χ0v) is 8.59. The average Bonchev–Trinajstić information content (AvgIpc) is 2.15. The molecule has 0 spiro atoms. The van der Waals surface area contributed by atoms with Crippen molar-refractivity contribution in [3.05, 3.63) is 0 Å². The summed E-state index contributed by atoms with van der Waals surface area (Å²) in [5, 5.41) is 0. The van der Waals surface area contributed by atoms with Crippen molar-refractivity contribution in [3.8, 4) is 0 Å². The van der Waals surface area contributed by atoms with Gasteiger partial charge in [0.15, 0.2) is 0 Å². The number of carbonyl (C=O) groups is 1. The molecule has 13 heavy (non-hydrogen) atoms. The van der Waals surface area contributed by atoms with Gasteiger partial charge in [-0.15, -0.1) is 0 Å². The van der Waals surface area contributed by atoms with Crippen molar-refractivity contribution < 1.29 is 4.79 Å². The number of hydrogen-bond donors (Lipinski definition) is 0. The van der Waals surface area contributed by atoms with Gasteiger partial charge < -0.3 is 4.79 Å². The molecule has 0 bridgehead atoms. The summed E-state index contributed by atoms with van der Waals surface area (Å²) in [6.07, 6.45) is 10.4. The van der Waals surface area contributed by atoms with Crippen LogP contribution >= 0.6 is 0 Å². The first kappa shape index (κ1) is 9.23. The largest absolute Gasteiger partial charge is 0.303 e. The van der Waals surface area contributed by atoms with Gasteiger partial charge in [-0.1, -0.05) is 26.2 Å². The average molecular weight is 180 g/mol. The van der Waals surface area contributed by atoms with E-state index in [1.54, 1.807) is 0 Å². The molecule has 0 aliphatic heterocycles. The molecule has 74 valence electrons. The van der Waals surface area contributed by atoms with Crippen LogP contribution in [0.15, 0.2) is 0 Å². The third-order valence-corrected chi connectivity index (χ3v) is 4.39. The summed E-state index contributed by atoms with van der Waals surface area (Å²) in [7, 11) is 0. The Balaban J connectivity index is 2.15. The van der Waals surface area contributed by atoms with Gasteiger partial charge in [0.2, 0.25) is 0 Å². The summed E-state index contributed by atoms with van der Waals surface area (Å²) in [4.78, 5) is 11.0. The lowest BCUT2D eigenvalue weighted by Crippen LogP contribution is -2.39. The molecule has 0 aromatic carbocycles. The summed E-state index contributed by atoms with van der Waals surface area (Å²) in [6.45, 7) is 2.41. The molecule has 0 N–H and O–H groups in total. The molecular formula is C12H20O. The Hall–Kier alpha value is -0.330. The van der Waals surface area contributed by atoms with Crippen molar-refractivity contribution in [2.75, 3.05) is 0 Å². The van der Waals surface area contributed by atoms with E-state index in [4.69, 9.17) is 0 Å². The van der Waals surface area contributed by atoms with Crippen molar-refractivity contribution in [2.24, 2.45) is 17.3 Å². The van der Waals surface area contributed by atoms with Gasteiger partial charge in [0.25, 0.3) is 0 Å². The highest BCUT2D eigenvalue weighted by atomic mass is 16.1. The highest BCUT2D eigenvalue weighted by Gasteiger charge is 2.42. The Bertz CT molecular complexity index is 195. The number of fused-ring (bicyclic) bond motifs is 1. The van der Waals surface area contributed by atoms with E-state index in [-0.39, 0.29) is 0 Å². The van der Waals surface area contributed by atoms with Crippen molar-refractivity contribution >= 4 is 6.29 Å². The predicted molar refractivity (Wildman–Crippen MR) is 53.5 cm³/mol. The molecule has 0 aromatic rings. The summed E-state index contributed by atoms with van der Waals surface area (Å²) >= 11 is 0. The molecule has 0 saturated heterocycles. The summed E-state index contributed by atoms with van der Waals surface area (Å²) in [6, 6.07) is 0. The van der Waals surface area contributed by atoms with Gasteiger partial charge in [-0.2, -0.15) is 0 Å². The van der Waals surface area contributed by atoms with Gasteiger partial charge in [0.05, 0.1) is 0 Å². The lowest BCUT2D eigenvalue weighted by Gasteiger charge is -2.47. The predicted octanol–water partition coefficient (Wildman–Crippen LogP) is 3.18. The fraction of sp³-hybridized carbons (Fsp3) is 0.917. The molecule has 1 nitrogen and oxygen atoms in total. The number of hydrogen-bond acceptors (Lipinski definition) is 1. The first-order valence-corrected chi connectivity index (χ1v) is 5.71. The Kier molecular flexibility index (Phi) is 2.44. The Morgan fingerprint density at radius 2 is 1.92 bits per heavy atom. The molecule has 3 atom stereocenters. The van der Waals surface area contributed by atoms with Crippen molar-refractivity contribution in [3.63, 3.8) is 0 Å². The minimum absolute atomic E-state index is 0.388. The van der Waals surface area contributed by atoms with Gasteiger partial charge in [-0.3, -0.25) is 0 Å². The summed E-state index contributed by atoms with van der Waals surface area (Å²) < 4.78 is 0. The van der Waals surface area contributed by atoms with Gasteiger partial charge in [-0.05, 0) is 37.0 Å². The fourth-order valence-electron chi connectivity index (χ4n) is 3.57. The standard InChI is InChI=1S/C12H20O/c1-12-7-3-2-6-11(12)10(9-13)5-4-8-12/h9-11H,2-8H2,1H3/t10-,11+,12+/m0/s1. The fourth-order valence-corrected chi connectivity index (χ4v) is 3.57. The maximum Gasteiger partial charge on any atom is 0.123 e. The van der Waals surface area contributed by atoms with Crippen LogP contribution in [0.5, 0.6) is 0 Å². The second-order valence-electron chi connectivity index (χ2n) is 5.20. The first-order chi connectivity index (χ1) is 6.26. The first-order valence-electron chi connectivity index (χ1n) is 5.71. The van der Waals surface area contributed by atoms with Crippen LogP contribution < -0.4 is 0 Å². The van der Waals surface area contributed by atoms with E-state index in [1.165, 1.54) is 44.8 Å².